The fourth-order valence-corrected chi connectivity index (χ4v) is 3.59. The first kappa shape index (κ1) is 20.0. The lowest BCUT2D eigenvalue weighted by molar-refractivity contribution is -0.122. The predicted molar refractivity (Wildman–Crippen MR) is 101 cm³/mol. The summed E-state index contributed by atoms with van der Waals surface area (Å²) in [6, 6.07) is 8.41. The van der Waals surface area contributed by atoms with Crippen molar-refractivity contribution in [3.8, 4) is 11.8 Å². The van der Waals surface area contributed by atoms with Gasteiger partial charge in [-0.1, -0.05) is 0 Å². The largest absolute Gasteiger partial charge is 0.491 e. The molecule has 0 N–H and O–H groups in total. The first-order valence-electron chi connectivity index (χ1n) is 8.92. The third kappa shape index (κ3) is 5.15. The van der Waals surface area contributed by atoms with E-state index >= 15 is 0 Å². The molecule has 7 nitrogen and oxygen atoms in total. The molecule has 0 unspecified atom stereocenters. The van der Waals surface area contributed by atoms with Crippen LogP contribution in [-0.4, -0.2) is 42.7 Å². The number of nitrogens with zero attached hydrogens (tertiary/aromatic N) is 2. The van der Waals surface area contributed by atoms with Gasteiger partial charge >= 0.3 is 5.97 Å². The third-order valence-electron chi connectivity index (χ3n) is 4.23. The molecule has 1 fully saturated rings. The highest BCUT2D eigenvalue weighted by Gasteiger charge is 2.24. The maximum Gasteiger partial charge on any atom is 0.338 e. The lowest BCUT2D eigenvalue weighted by Gasteiger charge is -2.11. The molecule has 146 valence electrons. The van der Waals surface area contributed by atoms with Gasteiger partial charge in [-0.2, -0.15) is 5.26 Å². The zero-order chi connectivity index (χ0) is 19.9. The average Bonchev–Trinajstić information content (AvgIpc) is 3.37. The van der Waals surface area contributed by atoms with Crippen LogP contribution >= 0.6 is 11.3 Å². The van der Waals surface area contributed by atoms with Crippen LogP contribution in [0, 0.1) is 18.3 Å². The summed E-state index contributed by atoms with van der Waals surface area (Å²) in [6.45, 7) is 2.55. The van der Waals surface area contributed by atoms with Crippen LogP contribution in [0.3, 0.4) is 0 Å². The second-order valence-corrected chi connectivity index (χ2v) is 7.29. The van der Waals surface area contributed by atoms with Gasteiger partial charge in [0.1, 0.15) is 17.4 Å². The first-order valence-corrected chi connectivity index (χ1v) is 9.80. The SMILES string of the molecule is Cc1csc([C@@H](C#N)C(=O)COC(=O)c2ccc(OC[C@@H]3CCCO3)cc2)n1. The minimum Gasteiger partial charge on any atom is -0.491 e. The Kier molecular flexibility index (Phi) is 6.74. The van der Waals surface area contributed by atoms with E-state index in [9.17, 15) is 14.9 Å². The molecule has 1 saturated heterocycles. The van der Waals surface area contributed by atoms with Gasteiger partial charge in [-0.3, -0.25) is 4.79 Å². The number of nitriles is 1. The second-order valence-electron chi connectivity index (χ2n) is 6.40. The molecule has 1 aromatic heterocycles. The summed E-state index contributed by atoms with van der Waals surface area (Å²) in [7, 11) is 0. The maximum absolute atomic E-state index is 12.2. The van der Waals surface area contributed by atoms with Crippen LogP contribution in [0.4, 0.5) is 0 Å². The number of rotatable bonds is 8. The molecule has 1 aromatic carbocycles. The molecule has 2 atom stereocenters. The molecule has 0 bridgehead atoms. The highest BCUT2D eigenvalue weighted by atomic mass is 32.1. The topological polar surface area (TPSA) is 98.5 Å². The van der Waals surface area contributed by atoms with Crippen LogP contribution in [0.15, 0.2) is 29.6 Å². The molecular weight excluding hydrogens is 380 g/mol. The molecule has 0 amide bonds. The molecule has 0 saturated carbocycles. The summed E-state index contributed by atoms with van der Waals surface area (Å²) in [4.78, 5) is 28.5. The summed E-state index contributed by atoms with van der Waals surface area (Å²) in [5.41, 5.74) is 1.04. The number of aryl methyl sites for hydroxylation is 1. The summed E-state index contributed by atoms with van der Waals surface area (Å²) >= 11 is 1.24. The Balaban J connectivity index is 1.49. The van der Waals surface area contributed by atoms with Crippen molar-refractivity contribution in [1.29, 1.82) is 5.26 Å². The molecule has 28 heavy (non-hydrogen) atoms. The summed E-state index contributed by atoms with van der Waals surface area (Å²) in [5.74, 6) is -1.53. The maximum atomic E-state index is 12.2. The molecule has 8 heteroatoms. The van der Waals surface area contributed by atoms with E-state index in [1.54, 1.807) is 36.6 Å². The third-order valence-corrected chi connectivity index (χ3v) is 5.26. The van der Waals surface area contributed by atoms with Gasteiger partial charge in [0.15, 0.2) is 18.3 Å². The highest BCUT2D eigenvalue weighted by molar-refractivity contribution is 7.09. The van der Waals surface area contributed by atoms with Gasteiger partial charge in [-0.25, -0.2) is 9.78 Å². The Morgan fingerprint density at radius 2 is 2.18 bits per heavy atom. The Bertz CT molecular complexity index is 865. The smallest absolute Gasteiger partial charge is 0.338 e. The molecule has 2 aromatic rings. The van der Waals surface area contributed by atoms with Crippen molar-refractivity contribution >= 4 is 23.1 Å². The Morgan fingerprint density at radius 1 is 1.39 bits per heavy atom. The van der Waals surface area contributed by atoms with Crippen molar-refractivity contribution in [3.05, 3.63) is 45.9 Å². The number of Topliss-reactive ketones (excluding diaryl/α,β-unsaturated/α-hetero) is 1. The number of hydrogen-bond acceptors (Lipinski definition) is 8. The normalized spacial score (nSPS) is 16.9. The standard InChI is InChI=1S/C20H20N2O5S/c1-13-12-28-19(22-13)17(9-21)18(23)11-27-20(24)14-4-6-15(7-5-14)26-10-16-3-2-8-25-16/h4-7,12,16-17H,2-3,8,10-11H2,1H3/t16-,17-/m0/s1. The monoisotopic (exact) mass is 400 g/mol. The molecule has 3 rings (SSSR count). The van der Waals surface area contributed by atoms with E-state index in [1.807, 2.05) is 6.07 Å². The molecule has 2 heterocycles. The number of aromatic nitrogens is 1. The van der Waals surface area contributed by atoms with Crippen LogP contribution in [-0.2, 0) is 14.3 Å². The van der Waals surface area contributed by atoms with E-state index in [0.29, 0.717) is 22.9 Å². The number of carbonyl (C=O) groups excluding carboxylic acids is 2. The van der Waals surface area contributed by atoms with Crippen molar-refractivity contribution in [1.82, 2.24) is 4.98 Å². The fraction of sp³-hybridized carbons (Fsp3) is 0.400. The van der Waals surface area contributed by atoms with Gasteiger partial charge in [-0.05, 0) is 44.0 Å². The zero-order valence-corrected chi connectivity index (χ0v) is 16.2. The van der Waals surface area contributed by atoms with Gasteiger partial charge < -0.3 is 14.2 Å². The highest BCUT2D eigenvalue weighted by Crippen LogP contribution is 2.21. The zero-order valence-electron chi connectivity index (χ0n) is 15.4. The fourth-order valence-electron chi connectivity index (χ4n) is 2.73. The lowest BCUT2D eigenvalue weighted by atomic mass is 10.1. The van der Waals surface area contributed by atoms with Crippen molar-refractivity contribution < 1.29 is 23.8 Å². The van der Waals surface area contributed by atoms with Crippen LogP contribution in [0.5, 0.6) is 5.75 Å². The molecular formula is C20H20N2O5S. The number of ketones is 1. The number of ether oxygens (including phenoxy) is 3. The Morgan fingerprint density at radius 3 is 2.79 bits per heavy atom. The predicted octanol–water partition coefficient (Wildman–Crippen LogP) is 3.04. The number of benzene rings is 1. The van der Waals surface area contributed by atoms with E-state index < -0.39 is 24.3 Å². The van der Waals surface area contributed by atoms with Crippen LogP contribution < -0.4 is 4.74 Å². The molecule has 0 radical (unpaired) electrons. The molecule has 1 aliphatic heterocycles. The van der Waals surface area contributed by atoms with Crippen molar-refractivity contribution in [2.24, 2.45) is 0 Å². The van der Waals surface area contributed by atoms with E-state index in [1.165, 1.54) is 11.3 Å². The van der Waals surface area contributed by atoms with E-state index in [4.69, 9.17) is 14.2 Å². The van der Waals surface area contributed by atoms with Gasteiger partial charge in [0.25, 0.3) is 0 Å². The van der Waals surface area contributed by atoms with E-state index in [0.717, 1.165) is 25.1 Å². The minimum atomic E-state index is -1.03. The van der Waals surface area contributed by atoms with Crippen LogP contribution in [0.2, 0.25) is 0 Å². The number of esters is 1. The Hall–Kier alpha value is -2.76. The second kappa shape index (κ2) is 9.44. The van der Waals surface area contributed by atoms with Crippen LogP contribution in [0.1, 0.15) is 39.8 Å². The molecule has 0 spiro atoms. The number of hydrogen-bond donors (Lipinski definition) is 0. The quantitative estimate of drug-likeness (QED) is 0.628. The van der Waals surface area contributed by atoms with E-state index in [-0.39, 0.29) is 6.10 Å². The van der Waals surface area contributed by atoms with Crippen molar-refractivity contribution in [2.45, 2.75) is 31.8 Å². The van der Waals surface area contributed by atoms with Gasteiger partial charge in [0, 0.05) is 17.7 Å². The van der Waals surface area contributed by atoms with Gasteiger partial charge in [0.05, 0.1) is 17.7 Å². The summed E-state index contributed by atoms with van der Waals surface area (Å²) in [6.07, 6.45) is 2.15. The number of thiazole rings is 1. The minimum absolute atomic E-state index is 0.116. The van der Waals surface area contributed by atoms with Gasteiger partial charge in [-0.15, -0.1) is 11.3 Å². The Labute approximate surface area is 166 Å². The first-order chi connectivity index (χ1) is 13.6. The van der Waals surface area contributed by atoms with Crippen molar-refractivity contribution in [3.63, 3.8) is 0 Å². The van der Waals surface area contributed by atoms with Crippen LogP contribution in [0.25, 0.3) is 0 Å². The lowest BCUT2D eigenvalue weighted by Crippen LogP contribution is -2.20. The van der Waals surface area contributed by atoms with E-state index in [2.05, 4.69) is 4.98 Å². The molecule has 0 aliphatic carbocycles. The van der Waals surface area contributed by atoms with Crippen molar-refractivity contribution in [2.75, 3.05) is 19.8 Å². The molecule has 1 aliphatic rings. The summed E-state index contributed by atoms with van der Waals surface area (Å²) in [5, 5.41) is 11.4. The average molecular weight is 400 g/mol. The number of carbonyl (C=O) groups is 2. The van der Waals surface area contributed by atoms with Gasteiger partial charge in [0.2, 0.25) is 0 Å². The summed E-state index contributed by atoms with van der Waals surface area (Å²) < 4.78 is 16.2.